The average Bonchev–Trinajstić information content (AvgIpc) is 2.28. The van der Waals surface area contributed by atoms with Crippen molar-refractivity contribution in [2.24, 2.45) is 5.41 Å². The molecule has 0 aliphatic heterocycles. The molecule has 2 nitrogen and oxygen atoms in total. The van der Waals surface area contributed by atoms with Gasteiger partial charge in [-0.3, -0.25) is 4.79 Å². The maximum Gasteiger partial charge on any atom is 0.223 e. The van der Waals surface area contributed by atoms with Crippen molar-refractivity contribution in [1.82, 2.24) is 4.90 Å². The number of unbranched alkanes of at least 4 members (excludes halogenated alkanes) is 1. The summed E-state index contributed by atoms with van der Waals surface area (Å²) in [6, 6.07) is 0. The van der Waals surface area contributed by atoms with Crippen LogP contribution in [0, 0.1) is 5.41 Å². The number of hydrogen-bond donors (Lipinski definition) is 0. The first-order valence-electron chi connectivity index (χ1n) is 6.87. The number of amides is 1. The number of thioether (sulfide) groups is 1. The van der Waals surface area contributed by atoms with E-state index in [2.05, 4.69) is 34.3 Å². The number of carbonyl (C=O) groups is 1. The molecule has 0 spiro atoms. The Bertz CT molecular complexity index is 245. The summed E-state index contributed by atoms with van der Waals surface area (Å²) in [4.78, 5) is 14.0. The van der Waals surface area contributed by atoms with E-state index in [4.69, 9.17) is 0 Å². The van der Waals surface area contributed by atoms with E-state index in [0.717, 1.165) is 30.9 Å². The van der Waals surface area contributed by atoms with Gasteiger partial charge in [-0.2, -0.15) is 11.8 Å². The van der Waals surface area contributed by atoms with E-state index in [0.29, 0.717) is 18.4 Å². The van der Waals surface area contributed by atoms with Gasteiger partial charge >= 0.3 is 0 Å². The molecule has 0 radical (unpaired) electrons. The molecule has 0 fully saturated rings. The number of carbonyl (C=O) groups excluding carboxylic acids is 1. The summed E-state index contributed by atoms with van der Waals surface area (Å²) in [6.45, 7) is 14.1. The Labute approximate surface area is 117 Å². The molecule has 0 rings (SSSR count). The first kappa shape index (κ1) is 17.6. The Hall–Kier alpha value is -0.440. The third-order valence-corrected chi connectivity index (χ3v) is 4.04. The van der Waals surface area contributed by atoms with Gasteiger partial charge in [0.25, 0.3) is 0 Å². The lowest BCUT2D eigenvalue weighted by molar-refractivity contribution is -0.130. The molecule has 0 atom stereocenters. The Morgan fingerprint density at radius 3 is 2.56 bits per heavy atom. The molecule has 0 saturated carbocycles. The first-order valence-corrected chi connectivity index (χ1v) is 8.02. The molecule has 3 heteroatoms. The zero-order valence-electron chi connectivity index (χ0n) is 12.5. The van der Waals surface area contributed by atoms with Crippen LogP contribution in [0.4, 0.5) is 0 Å². The molecule has 106 valence electrons. The van der Waals surface area contributed by atoms with Gasteiger partial charge < -0.3 is 4.90 Å². The predicted molar refractivity (Wildman–Crippen MR) is 83.1 cm³/mol. The Morgan fingerprint density at radius 1 is 1.39 bits per heavy atom. The van der Waals surface area contributed by atoms with Crippen LogP contribution in [0.5, 0.6) is 0 Å². The molecule has 18 heavy (non-hydrogen) atoms. The topological polar surface area (TPSA) is 20.3 Å². The fourth-order valence-corrected chi connectivity index (χ4v) is 2.59. The molecule has 0 aromatic heterocycles. The van der Waals surface area contributed by atoms with Crippen LogP contribution in [0.2, 0.25) is 0 Å². The molecule has 0 aromatic carbocycles. The Balaban J connectivity index is 3.91. The van der Waals surface area contributed by atoms with Crippen LogP contribution >= 0.6 is 11.8 Å². The summed E-state index contributed by atoms with van der Waals surface area (Å²) in [5.74, 6) is 2.30. The fraction of sp³-hybridized carbons (Fsp3) is 0.800. The fourth-order valence-electron chi connectivity index (χ4n) is 1.52. The standard InChI is InChI=1S/C15H29NOS/c1-6-8-11-16(10-7-2)14(17)9-12-18-13-15(3,4)5/h7H,2,6,8-13H2,1,3-5H3. The summed E-state index contributed by atoms with van der Waals surface area (Å²) in [5.41, 5.74) is 0.344. The summed E-state index contributed by atoms with van der Waals surface area (Å²) >= 11 is 1.87. The molecule has 0 heterocycles. The quantitative estimate of drug-likeness (QED) is 0.467. The second-order valence-corrected chi connectivity index (χ2v) is 6.95. The van der Waals surface area contributed by atoms with Gasteiger partial charge in [0.2, 0.25) is 5.91 Å². The van der Waals surface area contributed by atoms with Crippen molar-refractivity contribution >= 4 is 17.7 Å². The maximum absolute atomic E-state index is 12.0. The first-order chi connectivity index (χ1) is 8.40. The summed E-state index contributed by atoms with van der Waals surface area (Å²) < 4.78 is 0. The summed E-state index contributed by atoms with van der Waals surface area (Å²) in [6.07, 6.45) is 4.67. The lowest BCUT2D eigenvalue weighted by Gasteiger charge is -2.21. The van der Waals surface area contributed by atoms with E-state index in [1.54, 1.807) is 0 Å². The van der Waals surface area contributed by atoms with Gasteiger partial charge in [0.1, 0.15) is 0 Å². The lowest BCUT2D eigenvalue weighted by atomic mass is 10.0. The highest BCUT2D eigenvalue weighted by molar-refractivity contribution is 7.99. The second kappa shape index (κ2) is 9.48. The maximum atomic E-state index is 12.0. The Morgan fingerprint density at radius 2 is 2.06 bits per heavy atom. The predicted octanol–water partition coefficient (Wildman–Crippen LogP) is 3.97. The van der Waals surface area contributed by atoms with Crippen LogP contribution in [0.25, 0.3) is 0 Å². The van der Waals surface area contributed by atoms with Crippen molar-refractivity contribution in [3.8, 4) is 0 Å². The van der Waals surface area contributed by atoms with Crippen molar-refractivity contribution in [2.75, 3.05) is 24.6 Å². The van der Waals surface area contributed by atoms with Crippen LogP contribution in [-0.4, -0.2) is 35.4 Å². The van der Waals surface area contributed by atoms with Gasteiger partial charge in [-0.1, -0.05) is 40.2 Å². The van der Waals surface area contributed by atoms with E-state index in [1.165, 1.54) is 0 Å². The van der Waals surface area contributed by atoms with E-state index in [-0.39, 0.29) is 5.91 Å². The number of nitrogens with zero attached hydrogens (tertiary/aromatic N) is 1. The minimum atomic E-state index is 0.268. The normalized spacial score (nSPS) is 11.3. The van der Waals surface area contributed by atoms with Crippen LogP contribution in [0.15, 0.2) is 12.7 Å². The zero-order chi connectivity index (χ0) is 14.0. The van der Waals surface area contributed by atoms with Crippen molar-refractivity contribution in [3.05, 3.63) is 12.7 Å². The van der Waals surface area contributed by atoms with Crippen LogP contribution in [0.3, 0.4) is 0 Å². The third-order valence-electron chi connectivity index (χ3n) is 2.48. The zero-order valence-corrected chi connectivity index (χ0v) is 13.3. The van der Waals surface area contributed by atoms with Crippen LogP contribution in [-0.2, 0) is 4.79 Å². The minimum absolute atomic E-state index is 0.268. The lowest BCUT2D eigenvalue weighted by Crippen LogP contribution is -2.32. The summed E-state index contributed by atoms with van der Waals surface area (Å²) in [5, 5.41) is 0. The molecule has 0 aliphatic rings. The smallest absolute Gasteiger partial charge is 0.223 e. The molecule has 0 saturated heterocycles. The van der Waals surface area contributed by atoms with Gasteiger partial charge in [-0.15, -0.1) is 6.58 Å². The monoisotopic (exact) mass is 271 g/mol. The SMILES string of the molecule is C=CCN(CCCC)C(=O)CCSCC(C)(C)C. The number of rotatable bonds is 9. The van der Waals surface area contributed by atoms with E-state index in [9.17, 15) is 4.79 Å². The van der Waals surface area contributed by atoms with Crippen LogP contribution < -0.4 is 0 Å². The second-order valence-electron chi connectivity index (χ2n) is 5.85. The van der Waals surface area contributed by atoms with Crippen molar-refractivity contribution < 1.29 is 4.79 Å². The molecule has 0 aliphatic carbocycles. The van der Waals surface area contributed by atoms with Crippen molar-refractivity contribution in [3.63, 3.8) is 0 Å². The van der Waals surface area contributed by atoms with E-state index < -0.39 is 0 Å². The average molecular weight is 271 g/mol. The molecule has 0 bridgehead atoms. The van der Waals surface area contributed by atoms with Crippen molar-refractivity contribution in [1.29, 1.82) is 0 Å². The highest BCUT2D eigenvalue weighted by atomic mass is 32.2. The van der Waals surface area contributed by atoms with Gasteiger partial charge in [0.15, 0.2) is 0 Å². The Kier molecular flexibility index (Phi) is 9.25. The van der Waals surface area contributed by atoms with Crippen molar-refractivity contribution in [2.45, 2.75) is 47.0 Å². The third kappa shape index (κ3) is 9.58. The highest BCUT2D eigenvalue weighted by Crippen LogP contribution is 2.20. The van der Waals surface area contributed by atoms with Gasteiger partial charge in [0, 0.05) is 25.3 Å². The molecular formula is C15H29NOS. The minimum Gasteiger partial charge on any atom is -0.339 e. The molecule has 1 amide bonds. The molecular weight excluding hydrogens is 242 g/mol. The van der Waals surface area contributed by atoms with Crippen LogP contribution in [0.1, 0.15) is 47.0 Å². The van der Waals surface area contributed by atoms with E-state index >= 15 is 0 Å². The molecule has 0 aromatic rings. The van der Waals surface area contributed by atoms with E-state index in [1.807, 2.05) is 22.7 Å². The van der Waals surface area contributed by atoms with Gasteiger partial charge in [-0.05, 0) is 17.6 Å². The molecule has 0 N–H and O–H groups in total. The largest absolute Gasteiger partial charge is 0.339 e. The summed E-state index contributed by atoms with van der Waals surface area (Å²) in [7, 11) is 0. The van der Waals surface area contributed by atoms with Gasteiger partial charge in [0.05, 0.1) is 0 Å². The van der Waals surface area contributed by atoms with Gasteiger partial charge in [-0.25, -0.2) is 0 Å². The number of hydrogen-bond acceptors (Lipinski definition) is 2. The molecule has 0 unspecified atom stereocenters. The highest BCUT2D eigenvalue weighted by Gasteiger charge is 2.13.